The minimum absolute atomic E-state index is 0.0364. The molecular weight excluding hydrogens is 260 g/mol. The molecule has 0 aliphatic heterocycles. The van der Waals surface area contributed by atoms with Crippen LogP contribution in [0.1, 0.15) is 39.2 Å². The normalized spacial score (nSPS) is 13.1. The highest BCUT2D eigenvalue weighted by molar-refractivity contribution is 6.31. The zero-order valence-electron chi connectivity index (χ0n) is 11.9. The van der Waals surface area contributed by atoms with Crippen molar-refractivity contribution in [3.8, 4) is 0 Å². The number of carbonyl (C=O) groups is 1. The Morgan fingerprint density at radius 3 is 2.63 bits per heavy atom. The predicted molar refractivity (Wildman–Crippen MR) is 80.3 cm³/mol. The molecule has 1 aromatic rings. The van der Waals surface area contributed by atoms with Gasteiger partial charge >= 0.3 is 0 Å². The van der Waals surface area contributed by atoms with Crippen LogP contribution in [0.2, 0.25) is 5.02 Å². The fourth-order valence-electron chi connectivity index (χ4n) is 1.96. The van der Waals surface area contributed by atoms with E-state index in [4.69, 9.17) is 17.3 Å². The Labute approximate surface area is 120 Å². The van der Waals surface area contributed by atoms with E-state index in [2.05, 4.69) is 5.32 Å². The monoisotopic (exact) mass is 282 g/mol. The molecule has 0 saturated carbocycles. The third-order valence-electron chi connectivity index (χ3n) is 2.89. The van der Waals surface area contributed by atoms with Crippen molar-refractivity contribution in [2.45, 2.75) is 51.6 Å². The Hall–Kier alpha value is -1.06. The minimum Gasteiger partial charge on any atom is -0.351 e. The molecule has 1 amide bonds. The number of nitrogens with one attached hydrogen (secondary N) is 1. The van der Waals surface area contributed by atoms with Gasteiger partial charge < -0.3 is 11.1 Å². The first-order chi connectivity index (χ1) is 8.80. The molecule has 0 spiro atoms. The van der Waals surface area contributed by atoms with E-state index in [1.807, 2.05) is 45.0 Å². The SMILES string of the molecule is CC(N)CCC(=O)NC(C)(C)Cc1ccccc1Cl. The van der Waals surface area contributed by atoms with Gasteiger partial charge in [0, 0.05) is 23.0 Å². The highest BCUT2D eigenvalue weighted by Gasteiger charge is 2.21. The summed E-state index contributed by atoms with van der Waals surface area (Å²) < 4.78 is 0. The van der Waals surface area contributed by atoms with Crippen LogP contribution in [-0.4, -0.2) is 17.5 Å². The van der Waals surface area contributed by atoms with Crippen molar-refractivity contribution in [1.82, 2.24) is 5.32 Å². The number of hydrogen-bond acceptors (Lipinski definition) is 2. The van der Waals surface area contributed by atoms with Crippen LogP contribution >= 0.6 is 11.6 Å². The van der Waals surface area contributed by atoms with E-state index in [9.17, 15) is 4.79 Å². The molecule has 1 atom stereocenters. The van der Waals surface area contributed by atoms with Crippen molar-refractivity contribution in [3.05, 3.63) is 34.9 Å². The summed E-state index contributed by atoms with van der Waals surface area (Å²) in [6.45, 7) is 5.91. The second kappa shape index (κ2) is 6.92. The number of benzene rings is 1. The fraction of sp³-hybridized carbons (Fsp3) is 0.533. The van der Waals surface area contributed by atoms with Gasteiger partial charge in [-0.3, -0.25) is 4.79 Å². The quantitative estimate of drug-likeness (QED) is 0.843. The number of carbonyl (C=O) groups excluding carboxylic acids is 1. The van der Waals surface area contributed by atoms with Crippen molar-refractivity contribution in [1.29, 1.82) is 0 Å². The highest BCUT2D eigenvalue weighted by atomic mass is 35.5. The summed E-state index contributed by atoms with van der Waals surface area (Å²) in [7, 11) is 0. The first kappa shape index (κ1) is 16.0. The maximum absolute atomic E-state index is 11.8. The second-order valence-electron chi connectivity index (χ2n) is 5.72. The van der Waals surface area contributed by atoms with E-state index in [1.165, 1.54) is 0 Å². The molecule has 0 saturated heterocycles. The molecule has 0 bridgehead atoms. The van der Waals surface area contributed by atoms with Gasteiger partial charge in [-0.15, -0.1) is 0 Å². The van der Waals surface area contributed by atoms with Crippen LogP contribution in [0.5, 0.6) is 0 Å². The molecule has 1 rings (SSSR count). The summed E-state index contributed by atoms with van der Waals surface area (Å²) in [6, 6.07) is 7.76. The van der Waals surface area contributed by atoms with Crippen LogP contribution in [0.4, 0.5) is 0 Å². The molecule has 19 heavy (non-hydrogen) atoms. The maximum atomic E-state index is 11.8. The Balaban J connectivity index is 2.56. The van der Waals surface area contributed by atoms with Crippen molar-refractivity contribution >= 4 is 17.5 Å². The van der Waals surface area contributed by atoms with Crippen LogP contribution in [0.25, 0.3) is 0 Å². The molecule has 1 unspecified atom stereocenters. The molecule has 0 aliphatic rings. The molecule has 4 heteroatoms. The Bertz CT molecular complexity index is 430. The molecule has 3 N–H and O–H groups in total. The third-order valence-corrected chi connectivity index (χ3v) is 3.26. The lowest BCUT2D eigenvalue weighted by Gasteiger charge is -2.27. The largest absolute Gasteiger partial charge is 0.351 e. The van der Waals surface area contributed by atoms with Gasteiger partial charge in [-0.25, -0.2) is 0 Å². The van der Waals surface area contributed by atoms with Gasteiger partial charge in [-0.2, -0.15) is 0 Å². The molecule has 1 aromatic carbocycles. The highest BCUT2D eigenvalue weighted by Crippen LogP contribution is 2.20. The summed E-state index contributed by atoms with van der Waals surface area (Å²) in [5, 5.41) is 3.77. The van der Waals surface area contributed by atoms with Gasteiger partial charge in [0.1, 0.15) is 0 Å². The van der Waals surface area contributed by atoms with Crippen molar-refractivity contribution in [3.63, 3.8) is 0 Å². The van der Waals surface area contributed by atoms with E-state index in [0.29, 0.717) is 19.3 Å². The van der Waals surface area contributed by atoms with Crippen LogP contribution in [0.15, 0.2) is 24.3 Å². The predicted octanol–water partition coefficient (Wildman–Crippen LogP) is 2.90. The van der Waals surface area contributed by atoms with Gasteiger partial charge in [0.05, 0.1) is 0 Å². The average Bonchev–Trinajstić information content (AvgIpc) is 2.28. The van der Waals surface area contributed by atoms with E-state index in [0.717, 1.165) is 10.6 Å². The summed E-state index contributed by atoms with van der Waals surface area (Å²) in [6.07, 6.45) is 1.87. The number of hydrogen-bond donors (Lipinski definition) is 2. The first-order valence-corrected chi connectivity index (χ1v) is 6.98. The zero-order chi connectivity index (χ0) is 14.5. The minimum atomic E-state index is -0.320. The van der Waals surface area contributed by atoms with E-state index in [1.54, 1.807) is 0 Å². The number of halogens is 1. The van der Waals surface area contributed by atoms with E-state index < -0.39 is 0 Å². The smallest absolute Gasteiger partial charge is 0.220 e. The van der Waals surface area contributed by atoms with Crippen molar-refractivity contribution < 1.29 is 4.79 Å². The lowest BCUT2D eigenvalue weighted by molar-refractivity contribution is -0.122. The molecule has 0 heterocycles. The van der Waals surface area contributed by atoms with Gasteiger partial charge in [0.2, 0.25) is 5.91 Å². The van der Waals surface area contributed by atoms with Crippen molar-refractivity contribution in [2.24, 2.45) is 5.73 Å². The zero-order valence-corrected chi connectivity index (χ0v) is 12.6. The Morgan fingerprint density at radius 1 is 1.42 bits per heavy atom. The number of rotatable bonds is 6. The van der Waals surface area contributed by atoms with E-state index >= 15 is 0 Å². The number of amides is 1. The Kier molecular flexibility index (Phi) is 5.83. The summed E-state index contributed by atoms with van der Waals surface area (Å²) in [5.74, 6) is 0.0364. The van der Waals surface area contributed by atoms with Gasteiger partial charge in [-0.05, 0) is 45.2 Å². The van der Waals surface area contributed by atoms with Crippen LogP contribution in [-0.2, 0) is 11.2 Å². The van der Waals surface area contributed by atoms with Crippen LogP contribution in [0, 0.1) is 0 Å². The summed E-state index contributed by atoms with van der Waals surface area (Å²) >= 11 is 6.14. The topological polar surface area (TPSA) is 55.1 Å². The van der Waals surface area contributed by atoms with E-state index in [-0.39, 0.29) is 17.5 Å². The molecule has 0 aliphatic carbocycles. The molecule has 106 valence electrons. The third kappa shape index (κ3) is 6.08. The van der Waals surface area contributed by atoms with Crippen LogP contribution in [0.3, 0.4) is 0 Å². The molecule has 0 radical (unpaired) electrons. The lowest BCUT2D eigenvalue weighted by atomic mass is 9.94. The first-order valence-electron chi connectivity index (χ1n) is 6.60. The van der Waals surface area contributed by atoms with Crippen molar-refractivity contribution in [2.75, 3.05) is 0 Å². The van der Waals surface area contributed by atoms with Gasteiger partial charge in [0.15, 0.2) is 0 Å². The van der Waals surface area contributed by atoms with Crippen LogP contribution < -0.4 is 11.1 Å². The second-order valence-corrected chi connectivity index (χ2v) is 6.12. The Morgan fingerprint density at radius 2 is 2.05 bits per heavy atom. The molecule has 3 nitrogen and oxygen atoms in total. The summed E-state index contributed by atoms with van der Waals surface area (Å²) in [4.78, 5) is 11.8. The van der Waals surface area contributed by atoms with Gasteiger partial charge in [0.25, 0.3) is 0 Å². The standard InChI is InChI=1S/C15H23ClN2O/c1-11(17)8-9-14(19)18-15(2,3)10-12-6-4-5-7-13(12)16/h4-7,11H,8-10,17H2,1-3H3,(H,18,19). The maximum Gasteiger partial charge on any atom is 0.220 e. The fourth-order valence-corrected chi connectivity index (χ4v) is 2.16. The number of nitrogens with two attached hydrogens (primary N) is 1. The average molecular weight is 283 g/mol. The lowest BCUT2D eigenvalue weighted by Crippen LogP contribution is -2.45. The van der Waals surface area contributed by atoms with Gasteiger partial charge in [-0.1, -0.05) is 29.8 Å². The summed E-state index contributed by atoms with van der Waals surface area (Å²) in [5.41, 5.74) is 6.37. The molecule has 0 aromatic heterocycles. The molecule has 0 fully saturated rings. The molecular formula is C15H23ClN2O.